The van der Waals surface area contributed by atoms with Crippen molar-refractivity contribution >= 4 is 6.08 Å². The lowest BCUT2D eigenvalue weighted by molar-refractivity contribution is 0.335. The second kappa shape index (κ2) is 9.09. The Hall–Kier alpha value is -2.15. The van der Waals surface area contributed by atoms with Gasteiger partial charge in [0.25, 0.3) is 0 Å². The molecule has 0 nitrogen and oxygen atoms in total. The highest BCUT2D eigenvalue weighted by Crippen LogP contribution is 2.21. The van der Waals surface area contributed by atoms with Gasteiger partial charge in [0.1, 0.15) is 0 Å². The van der Waals surface area contributed by atoms with Crippen LogP contribution in [0.3, 0.4) is 0 Å². The van der Waals surface area contributed by atoms with Crippen molar-refractivity contribution in [3.8, 4) is 11.1 Å². The van der Waals surface area contributed by atoms with Gasteiger partial charge in [0.15, 0.2) is 0 Å². The first-order valence-electron chi connectivity index (χ1n) is 8.30. The Bertz CT molecular complexity index is 618. The highest BCUT2D eigenvalue weighted by molar-refractivity contribution is 5.66. The van der Waals surface area contributed by atoms with Gasteiger partial charge in [0.05, 0.1) is 6.17 Å². The molecule has 0 aliphatic carbocycles. The third kappa shape index (κ3) is 5.86. The molecular weight excluding hydrogens is 283 g/mol. The fourth-order valence-electron chi connectivity index (χ4n) is 2.52. The molecule has 0 bridgehead atoms. The van der Waals surface area contributed by atoms with E-state index >= 15 is 0 Å². The zero-order valence-corrected chi connectivity index (χ0v) is 13.8. The molecule has 0 aliphatic heterocycles. The van der Waals surface area contributed by atoms with Crippen LogP contribution in [0.1, 0.15) is 37.3 Å². The molecule has 0 saturated carbocycles. The number of allylic oxidation sites excluding steroid dienone is 2. The summed E-state index contributed by atoms with van der Waals surface area (Å²) in [5.74, 6) is 0. The zero-order valence-electron chi connectivity index (χ0n) is 13.8. The van der Waals surface area contributed by atoms with Gasteiger partial charge in [-0.25, -0.2) is 4.39 Å². The van der Waals surface area contributed by atoms with Crippen molar-refractivity contribution < 1.29 is 4.39 Å². The summed E-state index contributed by atoms with van der Waals surface area (Å²) in [7, 11) is 0. The fourth-order valence-corrected chi connectivity index (χ4v) is 2.52. The van der Waals surface area contributed by atoms with E-state index in [1.54, 1.807) is 6.92 Å². The molecule has 120 valence electrons. The Morgan fingerprint density at radius 3 is 2.17 bits per heavy atom. The van der Waals surface area contributed by atoms with E-state index in [1.165, 1.54) is 22.3 Å². The monoisotopic (exact) mass is 308 g/mol. The van der Waals surface area contributed by atoms with E-state index in [4.69, 9.17) is 0 Å². The summed E-state index contributed by atoms with van der Waals surface area (Å²) in [6, 6.07) is 17.1. The van der Waals surface area contributed by atoms with Crippen molar-refractivity contribution in [3.63, 3.8) is 0 Å². The first-order valence-corrected chi connectivity index (χ1v) is 8.30. The van der Waals surface area contributed by atoms with Crippen LogP contribution in [-0.4, -0.2) is 6.17 Å². The quantitative estimate of drug-likeness (QED) is 0.379. The van der Waals surface area contributed by atoms with E-state index in [1.807, 2.05) is 6.08 Å². The lowest BCUT2D eigenvalue weighted by Crippen LogP contribution is -1.90. The fraction of sp³-hybridized carbons (Fsp3) is 0.273. The molecule has 0 radical (unpaired) electrons. The van der Waals surface area contributed by atoms with Crippen LogP contribution >= 0.6 is 0 Å². The molecule has 1 unspecified atom stereocenters. The highest BCUT2D eigenvalue weighted by atomic mass is 19.1. The lowest BCUT2D eigenvalue weighted by atomic mass is 10.0. The van der Waals surface area contributed by atoms with Crippen molar-refractivity contribution in [1.29, 1.82) is 0 Å². The Morgan fingerprint density at radius 2 is 1.61 bits per heavy atom. The lowest BCUT2D eigenvalue weighted by Gasteiger charge is -2.04. The van der Waals surface area contributed by atoms with E-state index in [0.717, 1.165) is 19.3 Å². The largest absolute Gasteiger partial charge is 0.248 e. The van der Waals surface area contributed by atoms with Crippen LogP contribution in [0, 0.1) is 0 Å². The summed E-state index contributed by atoms with van der Waals surface area (Å²) in [5.41, 5.74) is 4.92. The Balaban J connectivity index is 1.93. The van der Waals surface area contributed by atoms with Crippen LogP contribution in [-0.2, 0) is 6.42 Å². The predicted molar refractivity (Wildman–Crippen MR) is 99.2 cm³/mol. The van der Waals surface area contributed by atoms with E-state index in [-0.39, 0.29) is 0 Å². The summed E-state index contributed by atoms with van der Waals surface area (Å²) in [5, 5.41) is 0. The van der Waals surface area contributed by atoms with Crippen LogP contribution in [0.15, 0.2) is 67.3 Å². The Labute approximate surface area is 139 Å². The first kappa shape index (κ1) is 17.2. The van der Waals surface area contributed by atoms with Crippen LogP contribution in [0.25, 0.3) is 17.2 Å². The van der Waals surface area contributed by atoms with Gasteiger partial charge in [-0.15, -0.1) is 6.58 Å². The smallest absolute Gasteiger partial charge is 0.0973 e. The molecule has 2 aromatic rings. The van der Waals surface area contributed by atoms with Crippen molar-refractivity contribution in [2.75, 3.05) is 0 Å². The number of hydrogen-bond acceptors (Lipinski definition) is 0. The second-order valence-electron chi connectivity index (χ2n) is 5.93. The highest BCUT2D eigenvalue weighted by Gasteiger charge is 1.98. The number of unbranched alkanes of at least 4 members (excludes halogenated alkanes) is 1. The van der Waals surface area contributed by atoms with Gasteiger partial charge < -0.3 is 0 Å². The molecule has 0 aromatic heterocycles. The van der Waals surface area contributed by atoms with Gasteiger partial charge >= 0.3 is 0 Å². The molecule has 1 heteroatoms. The van der Waals surface area contributed by atoms with Crippen molar-refractivity contribution in [3.05, 3.63) is 78.4 Å². The number of halogens is 1. The molecule has 0 N–H and O–H groups in total. The second-order valence-corrected chi connectivity index (χ2v) is 5.93. The van der Waals surface area contributed by atoms with Crippen LogP contribution in [0.4, 0.5) is 4.39 Å². The standard InChI is InChI=1S/C22H25F/c1-3-7-19-10-14-21(15-11-19)22-16-12-20(13-17-22)9-6-4-5-8-18(2)23/h3,6,9-18H,1,4-5,7-8H2,2H3/b9-6+. The van der Waals surface area contributed by atoms with Gasteiger partial charge in [-0.2, -0.15) is 0 Å². The third-order valence-electron chi connectivity index (χ3n) is 3.86. The summed E-state index contributed by atoms with van der Waals surface area (Å²) in [6.45, 7) is 5.38. The SMILES string of the molecule is C=CCc1ccc(-c2ccc(/C=C/CCCC(C)F)cc2)cc1. The predicted octanol–water partition coefficient (Wildman–Crippen LogP) is 6.62. The van der Waals surface area contributed by atoms with E-state index < -0.39 is 6.17 Å². The van der Waals surface area contributed by atoms with Gasteiger partial charge in [-0.05, 0) is 54.9 Å². The number of alkyl halides is 1. The molecular formula is C22H25F. The number of rotatable bonds is 8. The van der Waals surface area contributed by atoms with Crippen LogP contribution in [0.2, 0.25) is 0 Å². The average Bonchev–Trinajstić information content (AvgIpc) is 2.56. The van der Waals surface area contributed by atoms with E-state index in [0.29, 0.717) is 6.42 Å². The van der Waals surface area contributed by atoms with Gasteiger partial charge in [-0.1, -0.05) is 66.8 Å². The maximum absolute atomic E-state index is 12.7. The molecule has 2 aromatic carbocycles. The van der Waals surface area contributed by atoms with Crippen molar-refractivity contribution in [1.82, 2.24) is 0 Å². The van der Waals surface area contributed by atoms with E-state index in [9.17, 15) is 4.39 Å². The average molecular weight is 308 g/mol. The van der Waals surface area contributed by atoms with Gasteiger partial charge in [0, 0.05) is 0 Å². The zero-order chi connectivity index (χ0) is 16.5. The van der Waals surface area contributed by atoms with Gasteiger partial charge in [-0.3, -0.25) is 0 Å². The summed E-state index contributed by atoms with van der Waals surface area (Å²) < 4.78 is 12.7. The summed E-state index contributed by atoms with van der Waals surface area (Å²) in [4.78, 5) is 0. The topological polar surface area (TPSA) is 0 Å². The molecule has 0 spiro atoms. The Morgan fingerprint density at radius 1 is 1.00 bits per heavy atom. The number of hydrogen-bond donors (Lipinski definition) is 0. The minimum atomic E-state index is -0.694. The molecule has 0 aliphatic rings. The summed E-state index contributed by atoms with van der Waals surface area (Å²) >= 11 is 0. The van der Waals surface area contributed by atoms with Crippen molar-refractivity contribution in [2.24, 2.45) is 0 Å². The third-order valence-corrected chi connectivity index (χ3v) is 3.86. The number of benzene rings is 2. The first-order chi connectivity index (χ1) is 11.2. The molecule has 0 saturated heterocycles. The van der Waals surface area contributed by atoms with Crippen LogP contribution < -0.4 is 0 Å². The summed E-state index contributed by atoms with van der Waals surface area (Å²) in [6.07, 6.45) is 8.85. The van der Waals surface area contributed by atoms with E-state index in [2.05, 4.69) is 67.3 Å². The van der Waals surface area contributed by atoms with Crippen LogP contribution in [0.5, 0.6) is 0 Å². The molecule has 0 fully saturated rings. The molecule has 1 atom stereocenters. The van der Waals surface area contributed by atoms with Crippen molar-refractivity contribution in [2.45, 2.75) is 38.8 Å². The maximum Gasteiger partial charge on any atom is 0.0973 e. The normalized spacial score (nSPS) is 12.4. The molecule has 0 amide bonds. The molecule has 0 heterocycles. The molecule has 2 rings (SSSR count). The minimum Gasteiger partial charge on any atom is -0.248 e. The van der Waals surface area contributed by atoms with Gasteiger partial charge in [0.2, 0.25) is 0 Å². The Kier molecular flexibility index (Phi) is 6.80. The minimum absolute atomic E-state index is 0.644. The maximum atomic E-state index is 12.7. The molecule has 23 heavy (non-hydrogen) atoms.